The molecular weight excluding hydrogens is 945 g/mol. The molecule has 0 atom stereocenters. The lowest BCUT2D eigenvalue weighted by Crippen LogP contribution is -2.46. The first-order valence-electron chi connectivity index (χ1n) is 25.7. The Kier molecular flexibility index (Phi) is 27.8. The van der Waals surface area contributed by atoms with E-state index >= 15 is 0 Å². The van der Waals surface area contributed by atoms with Gasteiger partial charge in [0.15, 0.2) is 0 Å². The first kappa shape index (κ1) is 59.1. The standard InChI is InChI=1S/C56H74N8O10/c65-49(57-31-15-5-1-3-7-17-33-59-53(71)47-27-23-43(24-28-47)37-61-55(73)45-19-11-9-12-20-45)39-63(41-51(67)68)35-36-64(42-52(69)70)40-50(66)58-32-16-6-2-4-8-18-34-60-54(72)48-29-25-44(26-30-48)38-62-56(74)46-21-13-10-14-22-46/h9-14,19-30H,1-8,15-18,31-42H2,(H,57,65)(H,58,66)(H,59,71)(H,60,72)(H,61,73)(H,62,74)(H,67,68)(H,69,70). The van der Waals surface area contributed by atoms with E-state index in [1.165, 1.54) is 9.80 Å². The molecule has 4 aromatic carbocycles. The molecule has 0 aromatic heterocycles. The maximum absolute atomic E-state index is 12.7. The van der Waals surface area contributed by atoms with Crippen molar-refractivity contribution in [3.63, 3.8) is 0 Å². The summed E-state index contributed by atoms with van der Waals surface area (Å²) in [4.78, 5) is 101. The zero-order valence-electron chi connectivity index (χ0n) is 42.4. The van der Waals surface area contributed by atoms with E-state index in [-0.39, 0.29) is 61.6 Å². The third kappa shape index (κ3) is 25.3. The van der Waals surface area contributed by atoms with E-state index in [9.17, 15) is 48.6 Å². The van der Waals surface area contributed by atoms with Gasteiger partial charge in [0.1, 0.15) is 0 Å². The number of unbranched alkanes of at least 4 members (excludes halogenated alkanes) is 10. The van der Waals surface area contributed by atoms with Gasteiger partial charge in [-0.05, 0) is 85.3 Å². The van der Waals surface area contributed by atoms with Crippen LogP contribution in [0.15, 0.2) is 109 Å². The van der Waals surface area contributed by atoms with E-state index in [0.717, 1.165) is 88.2 Å². The van der Waals surface area contributed by atoms with Crippen LogP contribution in [0, 0.1) is 0 Å². The largest absolute Gasteiger partial charge is 0.480 e. The fraction of sp³-hybridized carbons (Fsp3) is 0.429. The highest BCUT2D eigenvalue weighted by atomic mass is 16.4. The predicted molar refractivity (Wildman–Crippen MR) is 282 cm³/mol. The summed E-state index contributed by atoms with van der Waals surface area (Å²) in [6, 6.07) is 32.2. The quantitative estimate of drug-likeness (QED) is 0.0265. The maximum atomic E-state index is 12.7. The molecule has 0 aliphatic heterocycles. The number of rotatable bonds is 37. The van der Waals surface area contributed by atoms with Crippen molar-refractivity contribution in [1.82, 2.24) is 41.7 Å². The van der Waals surface area contributed by atoms with Gasteiger partial charge in [-0.1, -0.05) is 112 Å². The van der Waals surface area contributed by atoms with Crippen LogP contribution in [-0.2, 0) is 32.3 Å². The van der Waals surface area contributed by atoms with Crippen molar-refractivity contribution >= 4 is 47.4 Å². The summed E-state index contributed by atoms with van der Waals surface area (Å²) in [5, 5.41) is 36.3. The topological polar surface area (TPSA) is 256 Å². The molecule has 0 aliphatic carbocycles. The minimum absolute atomic E-state index is 0.0676. The number of nitrogens with one attached hydrogen (secondary N) is 6. The molecule has 0 aliphatic rings. The summed E-state index contributed by atoms with van der Waals surface area (Å²) in [5.74, 6) is -3.58. The molecule has 0 spiro atoms. The molecule has 6 amide bonds. The molecule has 18 heteroatoms. The van der Waals surface area contributed by atoms with E-state index in [1.54, 1.807) is 48.5 Å². The molecule has 0 saturated heterocycles. The second kappa shape index (κ2) is 34.8. The Morgan fingerprint density at radius 1 is 0.324 bits per heavy atom. The van der Waals surface area contributed by atoms with Gasteiger partial charge in [0.05, 0.1) is 26.2 Å². The van der Waals surface area contributed by atoms with Crippen molar-refractivity contribution in [3.8, 4) is 0 Å². The number of benzene rings is 4. The smallest absolute Gasteiger partial charge is 0.317 e. The van der Waals surface area contributed by atoms with Crippen LogP contribution in [-0.4, -0.2) is 133 Å². The van der Waals surface area contributed by atoms with E-state index in [2.05, 4.69) is 31.9 Å². The number of carbonyl (C=O) groups is 8. The van der Waals surface area contributed by atoms with Crippen LogP contribution in [0.1, 0.15) is 130 Å². The average molecular weight is 1020 g/mol. The summed E-state index contributed by atoms with van der Waals surface area (Å²) in [7, 11) is 0. The number of carboxylic acid groups (broad SMARTS) is 2. The third-order valence-electron chi connectivity index (χ3n) is 12.0. The van der Waals surface area contributed by atoms with Gasteiger partial charge in [0.2, 0.25) is 11.8 Å². The minimum Gasteiger partial charge on any atom is -0.480 e. The Bertz CT molecular complexity index is 2190. The fourth-order valence-corrected chi connectivity index (χ4v) is 7.89. The molecule has 0 heterocycles. The molecule has 4 aromatic rings. The Morgan fingerprint density at radius 2 is 0.608 bits per heavy atom. The van der Waals surface area contributed by atoms with Crippen LogP contribution >= 0.6 is 0 Å². The normalized spacial score (nSPS) is 10.9. The highest BCUT2D eigenvalue weighted by Crippen LogP contribution is 2.10. The highest BCUT2D eigenvalue weighted by molar-refractivity contribution is 5.96. The summed E-state index contributed by atoms with van der Waals surface area (Å²) >= 11 is 0. The average Bonchev–Trinajstić information content (AvgIpc) is 3.40. The van der Waals surface area contributed by atoms with Crippen molar-refractivity contribution in [1.29, 1.82) is 0 Å². The van der Waals surface area contributed by atoms with E-state index in [0.29, 0.717) is 61.5 Å². The molecule has 74 heavy (non-hydrogen) atoms. The lowest BCUT2D eigenvalue weighted by Gasteiger charge is -2.25. The van der Waals surface area contributed by atoms with Gasteiger partial charge in [0, 0.05) is 74.6 Å². The number of carboxylic acids is 2. The third-order valence-corrected chi connectivity index (χ3v) is 12.0. The lowest BCUT2D eigenvalue weighted by atomic mass is 10.1. The van der Waals surface area contributed by atoms with Gasteiger partial charge in [-0.25, -0.2) is 0 Å². The summed E-state index contributed by atoms with van der Waals surface area (Å²) in [6.45, 7) is 1.58. The predicted octanol–water partition coefficient (Wildman–Crippen LogP) is 5.39. The zero-order chi connectivity index (χ0) is 53.2. The second-order valence-electron chi connectivity index (χ2n) is 18.2. The van der Waals surface area contributed by atoms with Gasteiger partial charge in [-0.15, -0.1) is 0 Å². The Morgan fingerprint density at radius 3 is 0.932 bits per heavy atom. The van der Waals surface area contributed by atoms with Gasteiger partial charge in [-0.3, -0.25) is 48.2 Å². The SMILES string of the molecule is O=C(O)CN(CCN(CC(=O)O)CC(=O)NCCCCCCCCNC(=O)c1ccc(CNC(=O)c2ccccc2)cc1)CC(=O)NCCCCCCCCNC(=O)c1ccc(CNC(=O)c2ccccc2)cc1. The monoisotopic (exact) mass is 1020 g/mol. The van der Waals surface area contributed by atoms with Crippen LogP contribution in [0.4, 0.5) is 0 Å². The molecule has 0 radical (unpaired) electrons. The number of aliphatic carboxylic acids is 2. The van der Waals surface area contributed by atoms with Gasteiger partial charge in [-0.2, -0.15) is 0 Å². The Hall–Kier alpha value is -7.44. The number of hydrogen-bond acceptors (Lipinski definition) is 10. The zero-order valence-corrected chi connectivity index (χ0v) is 42.4. The first-order chi connectivity index (χ1) is 35.9. The van der Waals surface area contributed by atoms with Crippen LogP contribution < -0.4 is 31.9 Å². The Balaban J connectivity index is 0.980. The molecule has 0 bridgehead atoms. The van der Waals surface area contributed by atoms with Crippen molar-refractivity contribution in [2.24, 2.45) is 0 Å². The highest BCUT2D eigenvalue weighted by Gasteiger charge is 2.19. The first-order valence-corrected chi connectivity index (χ1v) is 25.7. The van der Waals surface area contributed by atoms with Gasteiger partial charge in [0.25, 0.3) is 23.6 Å². The molecule has 18 nitrogen and oxygen atoms in total. The van der Waals surface area contributed by atoms with E-state index < -0.39 is 25.0 Å². The van der Waals surface area contributed by atoms with Crippen LogP contribution in [0.2, 0.25) is 0 Å². The Labute approximate surface area is 434 Å². The summed E-state index contributed by atoms with van der Waals surface area (Å²) < 4.78 is 0. The minimum atomic E-state index is -1.13. The lowest BCUT2D eigenvalue weighted by molar-refractivity contribution is -0.141. The molecular formula is C56H74N8O10. The number of hydrogen-bond donors (Lipinski definition) is 8. The maximum Gasteiger partial charge on any atom is 0.317 e. The van der Waals surface area contributed by atoms with E-state index in [1.807, 2.05) is 60.7 Å². The van der Waals surface area contributed by atoms with Crippen LogP contribution in [0.5, 0.6) is 0 Å². The molecule has 0 unspecified atom stereocenters. The second-order valence-corrected chi connectivity index (χ2v) is 18.2. The molecule has 8 N–H and O–H groups in total. The van der Waals surface area contributed by atoms with Gasteiger partial charge < -0.3 is 42.1 Å². The molecule has 4 rings (SSSR count). The number of carbonyl (C=O) groups excluding carboxylic acids is 6. The molecule has 398 valence electrons. The van der Waals surface area contributed by atoms with Crippen LogP contribution in [0.25, 0.3) is 0 Å². The molecule has 0 fully saturated rings. The van der Waals surface area contributed by atoms with E-state index in [4.69, 9.17) is 0 Å². The van der Waals surface area contributed by atoms with Gasteiger partial charge >= 0.3 is 11.9 Å². The number of nitrogens with zero attached hydrogens (tertiary/aromatic N) is 2. The summed E-state index contributed by atoms with van der Waals surface area (Å²) in [6.07, 6.45) is 10.6. The van der Waals surface area contributed by atoms with Crippen molar-refractivity contribution in [3.05, 3.63) is 143 Å². The van der Waals surface area contributed by atoms with Crippen molar-refractivity contribution < 1.29 is 48.6 Å². The molecule has 0 saturated carbocycles. The van der Waals surface area contributed by atoms with Crippen molar-refractivity contribution in [2.75, 3.05) is 65.4 Å². The number of amides is 6. The summed E-state index contributed by atoms with van der Waals surface area (Å²) in [5.41, 5.74) is 4.05. The van der Waals surface area contributed by atoms with Crippen LogP contribution in [0.3, 0.4) is 0 Å². The van der Waals surface area contributed by atoms with Crippen molar-refractivity contribution in [2.45, 2.75) is 90.1 Å². The fourth-order valence-electron chi connectivity index (χ4n) is 7.89.